The number of hydrogen-bond donors (Lipinski definition) is 4. The summed E-state index contributed by atoms with van der Waals surface area (Å²) in [7, 11) is 1.47. The molecule has 0 saturated heterocycles. The summed E-state index contributed by atoms with van der Waals surface area (Å²) >= 11 is 0. The van der Waals surface area contributed by atoms with Gasteiger partial charge in [0.15, 0.2) is 0 Å². The zero-order valence-electron chi connectivity index (χ0n) is 16.8. The maximum atomic E-state index is 12.3. The highest BCUT2D eigenvalue weighted by molar-refractivity contribution is 5.98. The molecule has 2 atom stereocenters. The molecule has 0 bridgehead atoms. The summed E-state index contributed by atoms with van der Waals surface area (Å²) < 4.78 is 4.93. The molecule has 0 fully saturated rings. The molecule has 0 aliphatic carbocycles. The van der Waals surface area contributed by atoms with Gasteiger partial charge in [0.2, 0.25) is 17.7 Å². The van der Waals surface area contributed by atoms with Crippen LogP contribution in [0.4, 0.5) is 10.5 Å². The Bertz CT molecular complexity index is 703. The van der Waals surface area contributed by atoms with Crippen molar-refractivity contribution in [1.29, 1.82) is 0 Å². The van der Waals surface area contributed by atoms with E-state index in [4.69, 9.17) is 4.74 Å². The quantitative estimate of drug-likeness (QED) is 0.528. The van der Waals surface area contributed by atoms with Crippen LogP contribution in [-0.4, -0.2) is 42.9 Å². The first-order chi connectivity index (χ1) is 13.1. The second-order valence-corrected chi connectivity index (χ2v) is 6.66. The molecule has 0 aliphatic heterocycles. The number of rotatable bonds is 8. The molecule has 0 radical (unpaired) electrons. The van der Waals surface area contributed by atoms with E-state index in [9.17, 15) is 19.2 Å². The van der Waals surface area contributed by atoms with Gasteiger partial charge in [0.1, 0.15) is 18.7 Å². The lowest BCUT2D eigenvalue weighted by Gasteiger charge is -2.23. The summed E-state index contributed by atoms with van der Waals surface area (Å²) in [5.74, 6) is -1.25. The molecule has 1 aromatic carbocycles. The highest BCUT2D eigenvalue weighted by Crippen LogP contribution is 2.11. The van der Waals surface area contributed by atoms with Crippen molar-refractivity contribution in [3.63, 3.8) is 0 Å². The van der Waals surface area contributed by atoms with Crippen LogP contribution in [0.3, 0.4) is 0 Å². The SMILES string of the molecule is CNC(=O)OCc1ccc(NC(=O)C(C)NC(=O)C(NC(C)=O)C(C)C)cc1. The molecule has 9 heteroatoms. The van der Waals surface area contributed by atoms with Gasteiger partial charge in [0.05, 0.1) is 0 Å². The fraction of sp³-hybridized carbons (Fsp3) is 0.474. The number of hydrogen-bond acceptors (Lipinski definition) is 5. The van der Waals surface area contributed by atoms with Gasteiger partial charge in [-0.05, 0) is 30.5 Å². The maximum absolute atomic E-state index is 12.3. The highest BCUT2D eigenvalue weighted by atomic mass is 16.5. The monoisotopic (exact) mass is 392 g/mol. The van der Waals surface area contributed by atoms with Gasteiger partial charge in [-0.1, -0.05) is 26.0 Å². The first-order valence-electron chi connectivity index (χ1n) is 8.95. The van der Waals surface area contributed by atoms with E-state index in [1.807, 2.05) is 0 Å². The molecule has 0 spiro atoms. The van der Waals surface area contributed by atoms with E-state index >= 15 is 0 Å². The smallest absolute Gasteiger partial charge is 0.407 e. The van der Waals surface area contributed by atoms with Gasteiger partial charge < -0.3 is 26.0 Å². The van der Waals surface area contributed by atoms with Gasteiger partial charge in [0.25, 0.3) is 0 Å². The molecule has 0 aromatic heterocycles. The average Bonchev–Trinajstić information content (AvgIpc) is 2.64. The van der Waals surface area contributed by atoms with Gasteiger partial charge in [-0.15, -0.1) is 0 Å². The maximum Gasteiger partial charge on any atom is 0.407 e. The first-order valence-corrected chi connectivity index (χ1v) is 8.95. The summed E-state index contributed by atoms with van der Waals surface area (Å²) in [6.45, 7) is 6.62. The van der Waals surface area contributed by atoms with E-state index in [0.29, 0.717) is 5.69 Å². The van der Waals surface area contributed by atoms with Crippen LogP contribution in [0.25, 0.3) is 0 Å². The highest BCUT2D eigenvalue weighted by Gasteiger charge is 2.26. The van der Waals surface area contributed by atoms with E-state index in [1.54, 1.807) is 45.0 Å². The fourth-order valence-electron chi connectivity index (χ4n) is 2.28. The average molecular weight is 392 g/mol. The molecule has 4 N–H and O–H groups in total. The summed E-state index contributed by atoms with van der Waals surface area (Å²) in [5, 5.41) is 10.2. The summed E-state index contributed by atoms with van der Waals surface area (Å²) in [5.41, 5.74) is 1.30. The van der Waals surface area contributed by atoms with Crippen LogP contribution in [0, 0.1) is 5.92 Å². The molecule has 4 amide bonds. The van der Waals surface area contributed by atoms with Crippen LogP contribution < -0.4 is 21.3 Å². The molecule has 0 heterocycles. The lowest BCUT2D eigenvalue weighted by atomic mass is 10.0. The van der Waals surface area contributed by atoms with Gasteiger partial charge in [-0.2, -0.15) is 0 Å². The fourth-order valence-corrected chi connectivity index (χ4v) is 2.28. The van der Waals surface area contributed by atoms with Crippen LogP contribution in [0.15, 0.2) is 24.3 Å². The third kappa shape index (κ3) is 7.65. The van der Waals surface area contributed by atoms with Gasteiger partial charge >= 0.3 is 6.09 Å². The second-order valence-electron chi connectivity index (χ2n) is 6.66. The van der Waals surface area contributed by atoms with Crippen molar-refractivity contribution in [2.75, 3.05) is 12.4 Å². The number of nitrogens with one attached hydrogen (secondary N) is 4. The van der Waals surface area contributed by atoms with E-state index in [1.165, 1.54) is 14.0 Å². The van der Waals surface area contributed by atoms with Crippen molar-refractivity contribution >= 4 is 29.5 Å². The Morgan fingerprint density at radius 1 is 0.964 bits per heavy atom. The molecular formula is C19H28N4O5. The lowest BCUT2D eigenvalue weighted by Crippen LogP contribution is -2.53. The molecule has 1 rings (SSSR count). The normalized spacial score (nSPS) is 12.5. The van der Waals surface area contributed by atoms with Crippen molar-refractivity contribution in [3.05, 3.63) is 29.8 Å². The Kier molecular flexibility index (Phi) is 8.94. The molecule has 0 saturated carbocycles. The number of ether oxygens (including phenoxy) is 1. The summed E-state index contributed by atoms with van der Waals surface area (Å²) in [6.07, 6.45) is -0.527. The second kappa shape index (κ2) is 10.9. The number of carbonyl (C=O) groups excluding carboxylic acids is 4. The zero-order chi connectivity index (χ0) is 21.3. The van der Waals surface area contributed by atoms with E-state index in [-0.39, 0.29) is 18.4 Å². The minimum Gasteiger partial charge on any atom is -0.445 e. The van der Waals surface area contributed by atoms with Crippen LogP contribution >= 0.6 is 0 Å². The number of alkyl carbamates (subject to hydrolysis) is 1. The topological polar surface area (TPSA) is 126 Å². The molecule has 1 aromatic rings. The van der Waals surface area contributed by atoms with Crippen molar-refractivity contribution in [2.24, 2.45) is 5.92 Å². The summed E-state index contributed by atoms with van der Waals surface area (Å²) in [6, 6.07) is 5.26. The number of carbonyl (C=O) groups is 4. The third-order valence-corrected chi connectivity index (χ3v) is 3.86. The minimum absolute atomic E-state index is 0.111. The Labute approximate surface area is 164 Å². The van der Waals surface area contributed by atoms with Crippen LogP contribution in [0.5, 0.6) is 0 Å². The van der Waals surface area contributed by atoms with E-state index in [0.717, 1.165) is 5.56 Å². The zero-order valence-corrected chi connectivity index (χ0v) is 16.8. The largest absolute Gasteiger partial charge is 0.445 e. The van der Waals surface area contributed by atoms with Crippen LogP contribution in [-0.2, 0) is 25.7 Å². The Balaban J connectivity index is 2.60. The minimum atomic E-state index is -0.793. The standard InChI is InChI=1S/C19H28N4O5/c1-11(2)16(22-13(4)24)18(26)21-12(3)17(25)23-15-8-6-14(7-9-15)10-28-19(27)20-5/h6-9,11-12,16H,10H2,1-5H3,(H,20,27)(H,21,26)(H,22,24)(H,23,25). The third-order valence-electron chi connectivity index (χ3n) is 3.86. The lowest BCUT2D eigenvalue weighted by molar-refractivity contribution is -0.131. The van der Waals surface area contributed by atoms with E-state index < -0.39 is 30.0 Å². The van der Waals surface area contributed by atoms with Crippen molar-refractivity contribution in [1.82, 2.24) is 16.0 Å². The molecule has 154 valence electrons. The van der Waals surface area contributed by atoms with Crippen LogP contribution in [0.1, 0.15) is 33.3 Å². The molecule has 28 heavy (non-hydrogen) atoms. The predicted molar refractivity (Wildman–Crippen MR) is 104 cm³/mol. The van der Waals surface area contributed by atoms with Crippen molar-refractivity contribution in [2.45, 2.75) is 46.4 Å². The Morgan fingerprint density at radius 3 is 2.07 bits per heavy atom. The van der Waals surface area contributed by atoms with Gasteiger partial charge in [0, 0.05) is 19.7 Å². The predicted octanol–water partition coefficient (Wildman–Crippen LogP) is 1.15. The van der Waals surface area contributed by atoms with Gasteiger partial charge in [-0.25, -0.2) is 4.79 Å². The first kappa shape index (κ1) is 22.9. The van der Waals surface area contributed by atoms with E-state index in [2.05, 4.69) is 21.3 Å². The van der Waals surface area contributed by atoms with Crippen molar-refractivity contribution in [3.8, 4) is 0 Å². The Hall–Kier alpha value is -3.10. The Morgan fingerprint density at radius 2 is 1.57 bits per heavy atom. The molecule has 9 nitrogen and oxygen atoms in total. The van der Waals surface area contributed by atoms with Crippen molar-refractivity contribution < 1.29 is 23.9 Å². The summed E-state index contributed by atoms with van der Waals surface area (Å²) in [4.78, 5) is 47.0. The molecular weight excluding hydrogens is 364 g/mol. The van der Waals surface area contributed by atoms with Gasteiger partial charge in [-0.3, -0.25) is 14.4 Å². The number of anilines is 1. The number of benzene rings is 1. The number of amides is 4. The van der Waals surface area contributed by atoms with Crippen LogP contribution in [0.2, 0.25) is 0 Å². The molecule has 0 aliphatic rings. The molecule has 2 unspecified atom stereocenters.